The van der Waals surface area contributed by atoms with E-state index < -0.39 is 0 Å². The fourth-order valence-electron chi connectivity index (χ4n) is 3.62. The molecule has 0 saturated carbocycles. The van der Waals surface area contributed by atoms with Crippen LogP contribution >= 0.6 is 0 Å². The van der Waals surface area contributed by atoms with Gasteiger partial charge in [-0.1, -0.05) is 0 Å². The zero-order valence-electron chi connectivity index (χ0n) is 12.6. The predicted octanol–water partition coefficient (Wildman–Crippen LogP) is 0.766. The standard InChI is InChI=1S/C15H28N2O3/c1-20-12-15(6-8-16-9-7-15)14(19)17-10-3-2-4-13(17)5-11-18/h13,16,18H,2-12H2,1H3. The Hall–Kier alpha value is -0.650. The lowest BCUT2D eigenvalue weighted by Crippen LogP contribution is -2.55. The minimum atomic E-state index is -0.356. The maximum absolute atomic E-state index is 13.1. The number of aliphatic hydroxyl groups excluding tert-OH is 1. The molecule has 20 heavy (non-hydrogen) atoms. The molecular formula is C15H28N2O3. The van der Waals surface area contributed by atoms with Crippen molar-refractivity contribution < 1.29 is 14.6 Å². The van der Waals surface area contributed by atoms with Gasteiger partial charge in [-0.15, -0.1) is 0 Å². The summed E-state index contributed by atoms with van der Waals surface area (Å²) < 4.78 is 5.37. The Morgan fingerprint density at radius 2 is 2.15 bits per heavy atom. The Bertz CT molecular complexity index is 309. The summed E-state index contributed by atoms with van der Waals surface area (Å²) in [5.41, 5.74) is -0.356. The lowest BCUT2D eigenvalue weighted by atomic mass is 9.77. The Morgan fingerprint density at radius 1 is 1.40 bits per heavy atom. The van der Waals surface area contributed by atoms with Crippen LogP contribution in [0.25, 0.3) is 0 Å². The highest BCUT2D eigenvalue weighted by atomic mass is 16.5. The number of hydrogen-bond acceptors (Lipinski definition) is 4. The van der Waals surface area contributed by atoms with Crippen LogP contribution in [0.15, 0.2) is 0 Å². The van der Waals surface area contributed by atoms with E-state index in [1.165, 1.54) is 0 Å². The fourth-order valence-corrected chi connectivity index (χ4v) is 3.62. The van der Waals surface area contributed by atoms with Crippen molar-refractivity contribution in [2.45, 2.75) is 44.6 Å². The number of rotatable bonds is 5. The van der Waals surface area contributed by atoms with Crippen LogP contribution in [0.5, 0.6) is 0 Å². The molecule has 0 spiro atoms. The molecule has 0 aromatic heterocycles. The van der Waals surface area contributed by atoms with Gasteiger partial charge in [0.25, 0.3) is 0 Å². The van der Waals surface area contributed by atoms with E-state index in [1.54, 1.807) is 7.11 Å². The van der Waals surface area contributed by atoms with E-state index in [1.807, 2.05) is 4.90 Å². The van der Waals surface area contributed by atoms with Gasteiger partial charge >= 0.3 is 0 Å². The molecule has 0 radical (unpaired) electrons. The highest BCUT2D eigenvalue weighted by Gasteiger charge is 2.44. The summed E-state index contributed by atoms with van der Waals surface area (Å²) in [5.74, 6) is 0.249. The molecule has 5 nitrogen and oxygen atoms in total. The molecule has 2 aliphatic heterocycles. The second kappa shape index (κ2) is 7.38. The summed E-state index contributed by atoms with van der Waals surface area (Å²) >= 11 is 0. The van der Waals surface area contributed by atoms with E-state index in [2.05, 4.69) is 5.32 Å². The molecule has 5 heteroatoms. The second-order valence-electron chi connectivity index (χ2n) is 6.12. The highest BCUT2D eigenvalue weighted by molar-refractivity contribution is 5.83. The van der Waals surface area contributed by atoms with Gasteiger partial charge in [0.1, 0.15) is 0 Å². The van der Waals surface area contributed by atoms with E-state index >= 15 is 0 Å². The Balaban J connectivity index is 2.12. The van der Waals surface area contributed by atoms with Gasteiger partial charge in [-0.05, 0) is 51.6 Å². The van der Waals surface area contributed by atoms with Crippen LogP contribution in [0.1, 0.15) is 38.5 Å². The number of methoxy groups -OCH3 is 1. The van der Waals surface area contributed by atoms with E-state index in [-0.39, 0.29) is 24.0 Å². The highest BCUT2D eigenvalue weighted by Crippen LogP contribution is 2.34. The van der Waals surface area contributed by atoms with Gasteiger partial charge in [-0.25, -0.2) is 0 Å². The molecule has 2 N–H and O–H groups in total. The minimum Gasteiger partial charge on any atom is -0.396 e. The van der Waals surface area contributed by atoms with Gasteiger partial charge in [0.05, 0.1) is 12.0 Å². The van der Waals surface area contributed by atoms with Crippen LogP contribution in [-0.2, 0) is 9.53 Å². The largest absolute Gasteiger partial charge is 0.396 e. The van der Waals surface area contributed by atoms with Crippen molar-refractivity contribution in [1.82, 2.24) is 10.2 Å². The third kappa shape index (κ3) is 3.32. The number of likely N-dealkylation sites (tertiary alicyclic amines) is 1. The molecule has 2 saturated heterocycles. The lowest BCUT2D eigenvalue weighted by molar-refractivity contribution is -0.151. The van der Waals surface area contributed by atoms with Gasteiger partial charge in [0, 0.05) is 26.3 Å². The number of carbonyl (C=O) groups is 1. The molecule has 0 aliphatic carbocycles. The zero-order chi connectivity index (χ0) is 14.4. The maximum Gasteiger partial charge on any atom is 0.231 e. The molecule has 0 bridgehead atoms. The minimum absolute atomic E-state index is 0.160. The van der Waals surface area contributed by atoms with Crippen LogP contribution < -0.4 is 5.32 Å². The number of aliphatic hydroxyl groups is 1. The van der Waals surface area contributed by atoms with Gasteiger partial charge < -0.3 is 20.1 Å². The third-order valence-electron chi connectivity index (χ3n) is 4.79. The SMILES string of the molecule is COCC1(C(=O)N2CCCCC2CCO)CCNCC1. The molecular weight excluding hydrogens is 256 g/mol. The van der Waals surface area contributed by atoms with Crippen molar-refractivity contribution in [3.8, 4) is 0 Å². The quantitative estimate of drug-likeness (QED) is 0.783. The van der Waals surface area contributed by atoms with Crippen LogP contribution in [0, 0.1) is 5.41 Å². The number of hydrogen-bond donors (Lipinski definition) is 2. The molecule has 2 rings (SSSR count). The monoisotopic (exact) mass is 284 g/mol. The number of piperidine rings is 2. The van der Waals surface area contributed by atoms with Crippen LogP contribution in [0.2, 0.25) is 0 Å². The molecule has 0 aromatic carbocycles. The van der Waals surface area contributed by atoms with Crippen molar-refractivity contribution in [2.24, 2.45) is 5.41 Å². The van der Waals surface area contributed by atoms with Crippen LogP contribution in [0.4, 0.5) is 0 Å². The Morgan fingerprint density at radius 3 is 2.80 bits per heavy atom. The molecule has 2 fully saturated rings. The summed E-state index contributed by atoms with van der Waals surface area (Å²) in [7, 11) is 1.68. The van der Waals surface area contributed by atoms with Crippen molar-refractivity contribution in [2.75, 3.05) is 40.0 Å². The van der Waals surface area contributed by atoms with Gasteiger partial charge in [-0.3, -0.25) is 4.79 Å². The number of ether oxygens (including phenoxy) is 1. The summed E-state index contributed by atoms with van der Waals surface area (Å²) in [6, 6.07) is 0.213. The van der Waals surface area contributed by atoms with E-state index in [0.717, 1.165) is 51.7 Å². The Kier molecular flexibility index (Phi) is 5.81. The van der Waals surface area contributed by atoms with Gasteiger partial charge in [0.2, 0.25) is 5.91 Å². The summed E-state index contributed by atoms with van der Waals surface area (Å²) in [5, 5.41) is 12.5. The first-order valence-electron chi connectivity index (χ1n) is 7.85. The lowest BCUT2D eigenvalue weighted by Gasteiger charge is -2.44. The van der Waals surface area contributed by atoms with Gasteiger partial charge in [-0.2, -0.15) is 0 Å². The zero-order valence-corrected chi connectivity index (χ0v) is 12.6. The number of amides is 1. The first-order chi connectivity index (χ1) is 9.73. The average Bonchev–Trinajstić information content (AvgIpc) is 2.49. The maximum atomic E-state index is 13.1. The van der Waals surface area contributed by atoms with E-state index in [0.29, 0.717) is 13.0 Å². The van der Waals surface area contributed by atoms with E-state index in [9.17, 15) is 9.90 Å². The van der Waals surface area contributed by atoms with Crippen molar-refractivity contribution >= 4 is 5.91 Å². The average molecular weight is 284 g/mol. The Labute approximate surface area is 121 Å². The second-order valence-corrected chi connectivity index (χ2v) is 6.12. The molecule has 1 amide bonds. The first kappa shape index (κ1) is 15.7. The number of nitrogens with zero attached hydrogens (tertiary/aromatic N) is 1. The smallest absolute Gasteiger partial charge is 0.231 e. The number of carbonyl (C=O) groups excluding carboxylic acids is 1. The van der Waals surface area contributed by atoms with Crippen molar-refractivity contribution in [3.05, 3.63) is 0 Å². The molecule has 1 unspecified atom stereocenters. The topological polar surface area (TPSA) is 61.8 Å². The molecule has 2 aliphatic rings. The predicted molar refractivity (Wildman–Crippen MR) is 77.5 cm³/mol. The summed E-state index contributed by atoms with van der Waals surface area (Å²) in [4.78, 5) is 15.1. The molecule has 2 heterocycles. The first-order valence-corrected chi connectivity index (χ1v) is 7.85. The summed E-state index contributed by atoms with van der Waals surface area (Å²) in [6.45, 7) is 3.27. The van der Waals surface area contributed by atoms with Crippen LogP contribution in [0.3, 0.4) is 0 Å². The third-order valence-corrected chi connectivity index (χ3v) is 4.79. The number of nitrogens with one attached hydrogen (secondary N) is 1. The van der Waals surface area contributed by atoms with Crippen molar-refractivity contribution in [1.29, 1.82) is 0 Å². The molecule has 116 valence electrons. The van der Waals surface area contributed by atoms with Crippen LogP contribution in [-0.4, -0.2) is 61.9 Å². The molecule has 0 aromatic rings. The molecule has 1 atom stereocenters. The van der Waals surface area contributed by atoms with Crippen molar-refractivity contribution in [3.63, 3.8) is 0 Å². The fraction of sp³-hybridized carbons (Fsp3) is 0.933. The normalized spacial score (nSPS) is 26.5. The summed E-state index contributed by atoms with van der Waals surface area (Å²) in [6.07, 6.45) is 5.66. The van der Waals surface area contributed by atoms with E-state index in [4.69, 9.17) is 4.74 Å². The van der Waals surface area contributed by atoms with Gasteiger partial charge in [0.15, 0.2) is 0 Å².